The van der Waals surface area contributed by atoms with Crippen LogP contribution < -0.4 is 5.32 Å². The van der Waals surface area contributed by atoms with Crippen LogP contribution in [0.25, 0.3) is 0 Å². The number of esters is 3. The number of nitrogens with one attached hydrogen (secondary N) is 1. The number of carbonyl (C=O) groups excluding carboxylic acids is 4. The Hall–Kier alpha value is -1.81. The molecule has 24 heavy (non-hydrogen) atoms. The Morgan fingerprint density at radius 3 is 1.96 bits per heavy atom. The Labute approximate surface area is 144 Å². The molecular formula is C14H21NO8S. The van der Waals surface area contributed by atoms with Crippen LogP contribution in [0.3, 0.4) is 0 Å². The number of carbonyl (C=O) groups is 4. The van der Waals surface area contributed by atoms with Gasteiger partial charge in [-0.15, -0.1) is 12.6 Å². The van der Waals surface area contributed by atoms with Crippen molar-refractivity contribution in [3.8, 4) is 0 Å². The Balaban J connectivity index is 3.11. The molecule has 1 fully saturated rings. The molecule has 0 aromatic heterocycles. The third-order valence-electron chi connectivity index (χ3n) is 3.09. The van der Waals surface area contributed by atoms with Gasteiger partial charge in [-0.2, -0.15) is 0 Å². The first-order chi connectivity index (χ1) is 11.1. The monoisotopic (exact) mass is 363 g/mol. The van der Waals surface area contributed by atoms with Gasteiger partial charge in [0.2, 0.25) is 5.91 Å². The molecule has 1 amide bonds. The highest BCUT2D eigenvalue weighted by molar-refractivity contribution is 7.80. The quantitative estimate of drug-likeness (QED) is 0.384. The molecule has 0 aromatic rings. The summed E-state index contributed by atoms with van der Waals surface area (Å²) in [6.07, 6.45) is -3.03. The highest BCUT2D eigenvalue weighted by Crippen LogP contribution is 2.28. The van der Waals surface area contributed by atoms with E-state index < -0.39 is 53.6 Å². The van der Waals surface area contributed by atoms with Crippen molar-refractivity contribution in [2.24, 2.45) is 0 Å². The number of hydrogen-bond acceptors (Lipinski definition) is 9. The van der Waals surface area contributed by atoms with Crippen LogP contribution in [-0.4, -0.2) is 60.2 Å². The lowest BCUT2D eigenvalue weighted by atomic mass is 9.97. The van der Waals surface area contributed by atoms with Crippen molar-refractivity contribution in [2.45, 2.75) is 57.5 Å². The largest absolute Gasteiger partial charge is 0.463 e. The average Bonchev–Trinajstić information content (AvgIpc) is 2.42. The summed E-state index contributed by atoms with van der Waals surface area (Å²) in [5.41, 5.74) is -0.870. The van der Waals surface area contributed by atoms with E-state index in [0.29, 0.717) is 0 Å². The van der Waals surface area contributed by atoms with Crippen LogP contribution in [0.5, 0.6) is 0 Å². The van der Waals surface area contributed by atoms with Crippen LogP contribution in [-0.2, 0) is 38.1 Å². The van der Waals surface area contributed by atoms with Gasteiger partial charge in [0.25, 0.3) is 0 Å². The summed E-state index contributed by atoms with van der Waals surface area (Å²) in [7, 11) is 0. The molecule has 5 atom stereocenters. The molecule has 0 aromatic carbocycles. The lowest BCUT2D eigenvalue weighted by molar-refractivity contribution is -0.211. The summed E-state index contributed by atoms with van der Waals surface area (Å²) >= 11 is 4.24. The number of thiol groups is 1. The summed E-state index contributed by atoms with van der Waals surface area (Å²) in [4.78, 5) is 45.2. The van der Waals surface area contributed by atoms with E-state index in [1.165, 1.54) is 27.7 Å². The van der Waals surface area contributed by atoms with Crippen molar-refractivity contribution in [1.82, 2.24) is 5.32 Å². The third kappa shape index (κ3) is 6.00. The van der Waals surface area contributed by atoms with Gasteiger partial charge in [0.15, 0.2) is 12.2 Å². The number of hydrogen-bond donors (Lipinski definition) is 2. The standard InChI is InChI=1S/C14H21NO8S/c1-6(16)15-11-13(22-9(4)19)12(21-8(3)18)10(23-14(11)24)5-20-7(2)17/h10-14,24H,5H2,1-4H3,(H,15,16)/t10-,11-,12-,13-,14-/m1/s1. The van der Waals surface area contributed by atoms with Gasteiger partial charge in [0.1, 0.15) is 24.2 Å². The van der Waals surface area contributed by atoms with E-state index in [0.717, 1.165) is 0 Å². The van der Waals surface area contributed by atoms with Gasteiger partial charge in [-0.3, -0.25) is 19.2 Å². The molecule has 10 heteroatoms. The zero-order valence-corrected chi connectivity index (χ0v) is 14.7. The minimum absolute atomic E-state index is 0.227. The zero-order chi connectivity index (χ0) is 18.4. The molecule has 1 N–H and O–H groups in total. The lowest BCUT2D eigenvalue weighted by Crippen LogP contribution is -2.64. The summed E-state index contributed by atoms with van der Waals surface area (Å²) in [5.74, 6) is -2.24. The molecule has 0 spiro atoms. The molecule has 0 unspecified atom stereocenters. The molecule has 0 aliphatic carbocycles. The van der Waals surface area contributed by atoms with Gasteiger partial charge < -0.3 is 24.3 Å². The van der Waals surface area contributed by atoms with Crippen molar-refractivity contribution in [3.05, 3.63) is 0 Å². The first-order valence-corrected chi connectivity index (χ1v) is 7.72. The maximum Gasteiger partial charge on any atom is 0.303 e. The highest BCUT2D eigenvalue weighted by atomic mass is 32.1. The second-order valence-electron chi connectivity index (χ2n) is 5.24. The topological polar surface area (TPSA) is 117 Å². The van der Waals surface area contributed by atoms with Crippen LogP contribution in [0.2, 0.25) is 0 Å². The van der Waals surface area contributed by atoms with Crippen molar-refractivity contribution in [3.63, 3.8) is 0 Å². The second kappa shape index (κ2) is 8.88. The number of ether oxygens (including phenoxy) is 4. The van der Waals surface area contributed by atoms with Crippen LogP contribution in [0.1, 0.15) is 27.7 Å². The van der Waals surface area contributed by atoms with E-state index >= 15 is 0 Å². The van der Waals surface area contributed by atoms with Gasteiger partial charge in [-0.05, 0) is 0 Å². The number of amides is 1. The highest BCUT2D eigenvalue weighted by Gasteiger charge is 2.49. The molecular weight excluding hydrogens is 342 g/mol. The predicted octanol–water partition coefficient (Wildman–Crippen LogP) is -0.428. The van der Waals surface area contributed by atoms with E-state index in [2.05, 4.69) is 17.9 Å². The maximum absolute atomic E-state index is 11.4. The van der Waals surface area contributed by atoms with E-state index in [9.17, 15) is 19.2 Å². The maximum atomic E-state index is 11.4. The van der Waals surface area contributed by atoms with Crippen LogP contribution in [0.4, 0.5) is 0 Å². The van der Waals surface area contributed by atoms with Crippen molar-refractivity contribution in [1.29, 1.82) is 0 Å². The van der Waals surface area contributed by atoms with Crippen LogP contribution in [0, 0.1) is 0 Å². The molecule has 0 saturated carbocycles. The summed E-state index contributed by atoms with van der Waals surface area (Å²) in [6, 6.07) is -0.854. The predicted molar refractivity (Wildman–Crippen MR) is 83.0 cm³/mol. The van der Waals surface area contributed by atoms with Gasteiger partial charge in [-0.1, -0.05) is 0 Å². The van der Waals surface area contributed by atoms with E-state index in [4.69, 9.17) is 18.9 Å². The fourth-order valence-corrected chi connectivity index (χ4v) is 2.71. The lowest BCUT2D eigenvalue weighted by Gasteiger charge is -2.43. The van der Waals surface area contributed by atoms with Gasteiger partial charge >= 0.3 is 17.9 Å². The first-order valence-electron chi connectivity index (χ1n) is 7.20. The fraction of sp³-hybridized carbons (Fsp3) is 0.714. The van der Waals surface area contributed by atoms with Gasteiger partial charge in [0, 0.05) is 27.7 Å². The zero-order valence-electron chi connectivity index (χ0n) is 13.8. The molecule has 1 rings (SSSR count). The van der Waals surface area contributed by atoms with Crippen LogP contribution >= 0.6 is 12.6 Å². The van der Waals surface area contributed by atoms with Crippen LogP contribution in [0.15, 0.2) is 0 Å². The molecule has 0 radical (unpaired) electrons. The third-order valence-corrected chi connectivity index (χ3v) is 3.53. The minimum Gasteiger partial charge on any atom is -0.463 e. The van der Waals surface area contributed by atoms with E-state index in [1.807, 2.05) is 0 Å². The van der Waals surface area contributed by atoms with Crippen molar-refractivity contribution in [2.75, 3.05) is 6.61 Å². The normalized spacial score (nSPS) is 29.3. The van der Waals surface area contributed by atoms with Gasteiger partial charge in [0.05, 0.1) is 0 Å². The molecule has 0 bridgehead atoms. The Morgan fingerprint density at radius 2 is 1.50 bits per heavy atom. The molecule has 1 heterocycles. The smallest absolute Gasteiger partial charge is 0.303 e. The Bertz CT molecular complexity index is 511. The summed E-state index contributed by atoms with van der Waals surface area (Å²) in [6.45, 7) is 4.62. The molecule has 1 aliphatic heterocycles. The Kier molecular flexibility index (Phi) is 7.49. The second-order valence-corrected chi connectivity index (χ2v) is 5.75. The molecule has 136 valence electrons. The summed E-state index contributed by atoms with van der Waals surface area (Å²) in [5, 5.41) is 2.56. The SMILES string of the molecule is CC(=O)N[C@@H]1[C@@H](OC(C)=O)[C@H](OC(C)=O)[C@@H](COC(C)=O)O[C@@H]1S. The van der Waals surface area contributed by atoms with E-state index in [-0.39, 0.29) is 6.61 Å². The number of rotatable bonds is 5. The average molecular weight is 363 g/mol. The molecule has 1 saturated heterocycles. The van der Waals surface area contributed by atoms with Crippen molar-refractivity contribution < 1.29 is 38.1 Å². The summed E-state index contributed by atoms with van der Waals surface area (Å²) < 4.78 is 20.9. The Morgan fingerprint density at radius 1 is 0.958 bits per heavy atom. The van der Waals surface area contributed by atoms with E-state index in [1.54, 1.807) is 0 Å². The molecule has 1 aliphatic rings. The van der Waals surface area contributed by atoms with Gasteiger partial charge in [-0.25, -0.2) is 0 Å². The van der Waals surface area contributed by atoms with Crippen molar-refractivity contribution >= 4 is 36.4 Å². The first kappa shape index (κ1) is 20.2. The molecule has 9 nitrogen and oxygen atoms in total. The fourth-order valence-electron chi connectivity index (χ4n) is 2.31. The minimum atomic E-state index is -1.08.